The Morgan fingerprint density at radius 2 is 1.75 bits per heavy atom. The number of thiocarbonyl (C=S) groups is 1. The first-order valence-corrected chi connectivity index (χ1v) is 9.38. The Balaban J connectivity index is 1.58. The summed E-state index contributed by atoms with van der Waals surface area (Å²) >= 11 is 5.37. The molecule has 2 aromatic carbocycles. The molecule has 0 bridgehead atoms. The van der Waals surface area contributed by atoms with Crippen molar-refractivity contribution in [3.8, 4) is 5.69 Å². The molecule has 1 saturated heterocycles. The highest BCUT2D eigenvalue weighted by molar-refractivity contribution is 7.80. The van der Waals surface area contributed by atoms with E-state index in [0.717, 1.165) is 11.4 Å². The number of para-hydroxylation sites is 1. The van der Waals surface area contributed by atoms with Crippen LogP contribution in [0.15, 0.2) is 66.5 Å². The van der Waals surface area contributed by atoms with E-state index in [2.05, 4.69) is 29.4 Å². The lowest BCUT2D eigenvalue weighted by atomic mass is 10.0. The smallest absolute Gasteiger partial charge is 0.281 e. The summed E-state index contributed by atoms with van der Waals surface area (Å²) in [6.45, 7) is 4.26. The minimum Gasteiger partial charge on any atom is -0.327 e. The van der Waals surface area contributed by atoms with Crippen LogP contribution in [0, 0.1) is 0 Å². The summed E-state index contributed by atoms with van der Waals surface area (Å²) in [7, 11) is 0. The van der Waals surface area contributed by atoms with Gasteiger partial charge in [0.1, 0.15) is 11.4 Å². The van der Waals surface area contributed by atoms with E-state index in [1.165, 1.54) is 15.3 Å². The molecule has 28 heavy (non-hydrogen) atoms. The number of anilines is 1. The van der Waals surface area contributed by atoms with E-state index in [9.17, 15) is 4.79 Å². The minimum absolute atomic E-state index is 0.212. The standard InChI is InChI=1S/C21H19N5OS/c1-14(2)15-8-10-17(11-9-15)25-20(27)19(23-21(25)28)12-16-13-22-26(24-16)18-6-4-3-5-7-18/h3-14H,1-2H3,(H,23,28)/b19-12-. The average molecular weight is 389 g/mol. The molecule has 0 saturated carbocycles. The molecular formula is C21H19N5OS. The molecule has 0 aliphatic carbocycles. The van der Waals surface area contributed by atoms with Crippen LogP contribution in [0.5, 0.6) is 0 Å². The molecule has 4 rings (SSSR count). The van der Waals surface area contributed by atoms with Crippen molar-refractivity contribution in [1.82, 2.24) is 20.3 Å². The van der Waals surface area contributed by atoms with Crippen molar-refractivity contribution in [2.24, 2.45) is 0 Å². The SMILES string of the molecule is CC(C)c1ccc(N2C(=O)/C(=C/c3cnn(-c4ccccc4)n3)NC2=S)cc1. The van der Waals surface area contributed by atoms with Gasteiger partial charge in [-0.25, -0.2) is 0 Å². The molecule has 0 radical (unpaired) electrons. The lowest BCUT2D eigenvalue weighted by Crippen LogP contribution is -2.30. The Morgan fingerprint density at radius 3 is 2.43 bits per heavy atom. The molecule has 140 valence electrons. The van der Waals surface area contributed by atoms with E-state index in [-0.39, 0.29) is 5.91 Å². The van der Waals surface area contributed by atoms with Gasteiger partial charge in [0.05, 0.1) is 17.6 Å². The van der Waals surface area contributed by atoms with Gasteiger partial charge in [-0.3, -0.25) is 9.69 Å². The third-order valence-electron chi connectivity index (χ3n) is 4.49. The van der Waals surface area contributed by atoms with Gasteiger partial charge in [-0.2, -0.15) is 9.90 Å². The fraction of sp³-hybridized carbons (Fsp3) is 0.143. The summed E-state index contributed by atoms with van der Waals surface area (Å²) < 4.78 is 0. The summed E-state index contributed by atoms with van der Waals surface area (Å²) in [6, 6.07) is 17.4. The molecule has 6 nitrogen and oxygen atoms in total. The van der Waals surface area contributed by atoms with Crippen LogP contribution < -0.4 is 10.2 Å². The molecular weight excluding hydrogens is 370 g/mol. The van der Waals surface area contributed by atoms with E-state index in [1.807, 2.05) is 54.6 Å². The van der Waals surface area contributed by atoms with E-state index in [1.54, 1.807) is 12.3 Å². The molecule has 1 amide bonds. The van der Waals surface area contributed by atoms with Gasteiger partial charge in [0.15, 0.2) is 5.11 Å². The van der Waals surface area contributed by atoms with E-state index in [0.29, 0.717) is 22.4 Å². The van der Waals surface area contributed by atoms with Crippen molar-refractivity contribution < 1.29 is 4.79 Å². The van der Waals surface area contributed by atoms with Crippen LogP contribution in [-0.2, 0) is 4.79 Å². The molecule has 1 aromatic heterocycles. The van der Waals surface area contributed by atoms with Crippen molar-refractivity contribution in [2.75, 3.05) is 4.90 Å². The number of benzene rings is 2. The third-order valence-corrected chi connectivity index (χ3v) is 4.77. The number of carbonyl (C=O) groups excluding carboxylic acids is 1. The van der Waals surface area contributed by atoms with Gasteiger partial charge in [-0.1, -0.05) is 44.2 Å². The Hall–Kier alpha value is -3.32. The van der Waals surface area contributed by atoms with Crippen LogP contribution in [0.25, 0.3) is 11.8 Å². The fourth-order valence-electron chi connectivity index (χ4n) is 2.95. The monoisotopic (exact) mass is 389 g/mol. The molecule has 1 N–H and O–H groups in total. The molecule has 0 atom stereocenters. The zero-order chi connectivity index (χ0) is 19.7. The Labute approximate surface area is 168 Å². The topological polar surface area (TPSA) is 63.1 Å². The molecule has 0 spiro atoms. The molecule has 1 aliphatic rings. The highest BCUT2D eigenvalue weighted by Gasteiger charge is 2.32. The predicted octanol–water partition coefficient (Wildman–Crippen LogP) is 3.65. The van der Waals surface area contributed by atoms with Crippen molar-refractivity contribution in [1.29, 1.82) is 0 Å². The number of aromatic nitrogens is 3. The molecule has 1 fully saturated rings. The normalized spacial score (nSPS) is 15.5. The van der Waals surface area contributed by atoms with Gasteiger partial charge in [-0.15, -0.1) is 5.10 Å². The van der Waals surface area contributed by atoms with Gasteiger partial charge in [0.2, 0.25) is 0 Å². The van der Waals surface area contributed by atoms with Crippen LogP contribution in [-0.4, -0.2) is 26.0 Å². The maximum absolute atomic E-state index is 12.9. The zero-order valence-corrected chi connectivity index (χ0v) is 16.4. The maximum Gasteiger partial charge on any atom is 0.281 e. The van der Waals surface area contributed by atoms with Crippen LogP contribution in [0.2, 0.25) is 0 Å². The third kappa shape index (κ3) is 3.44. The highest BCUT2D eigenvalue weighted by atomic mass is 32.1. The lowest BCUT2D eigenvalue weighted by Gasteiger charge is -2.15. The predicted molar refractivity (Wildman–Crippen MR) is 113 cm³/mol. The Kier molecular flexibility index (Phi) is 4.75. The summed E-state index contributed by atoms with van der Waals surface area (Å²) in [5, 5.41) is 12.0. The number of amides is 1. The van der Waals surface area contributed by atoms with Crippen LogP contribution in [0.4, 0.5) is 5.69 Å². The maximum atomic E-state index is 12.9. The second-order valence-electron chi connectivity index (χ2n) is 6.77. The molecule has 2 heterocycles. The van der Waals surface area contributed by atoms with Crippen molar-refractivity contribution in [2.45, 2.75) is 19.8 Å². The van der Waals surface area contributed by atoms with Gasteiger partial charge in [0.25, 0.3) is 5.91 Å². The summed E-state index contributed by atoms with van der Waals surface area (Å²) in [5.41, 5.74) is 3.74. The first-order valence-electron chi connectivity index (χ1n) is 8.98. The number of hydrogen-bond donors (Lipinski definition) is 1. The molecule has 1 aliphatic heterocycles. The fourth-order valence-corrected chi connectivity index (χ4v) is 3.25. The largest absolute Gasteiger partial charge is 0.327 e. The summed E-state index contributed by atoms with van der Waals surface area (Å²) in [6.07, 6.45) is 3.27. The Morgan fingerprint density at radius 1 is 1.04 bits per heavy atom. The second kappa shape index (κ2) is 7.36. The van der Waals surface area contributed by atoms with Crippen LogP contribution in [0.3, 0.4) is 0 Å². The average Bonchev–Trinajstić information content (AvgIpc) is 3.27. The minimum atomic E-state index is -0.212. The van der Waals surface area contributed by atoms with Gasteiger partial charge in [-0.05, 0) is 54.0 Å². The summed E-state index contributed by atoms with van der Waals surface area (Å²) in [5.74, 6) is 0.215. The van der Waals surface area contributed by atoms with Crippen molar-refractivity contribution in [3.63, 3.8) is 0 Å². The number of nitrogens with one attached hydrogen (secondary N) is 1. The van der Waals surface area contributed by atoms with E-state index in [4.69, 9.17) is 12.2 Å². The molecule has 3 aromatic rings. The number of carbonyl (C=O) groups is 1. The summed E-state index contributed by atoms with van der Waals surface area (Å²) in [4.78, 5) is 15.9. The van der Waals surface area contributed by atoms with Crippen LogP contribution in [0.1, 0.15) is 31.0 Å². The van der Waals surface area contributed by atoms with E-state index < -0.39 is 0 Å². The Bertz CT molecular complexity index is 1050. The first kappa shape index (κ1) is 18.1. The lowest BCUT2D eigenvalue weighted by molar-refractivity contribution is -0.113. The quantitative estimate of drug-likeness (QED) is 0.545. The zero-order valence-electron chi connectivity index (χ0n) is 15.5. The van der Waals surface area contributed by atoms with Gasteiger partial charge >= 0.3 is 0 Å². The molecule has 0 unspecified atom stereocenters. The van der Waals surface area contributed by atoms with Gasteiger partial charge in [0, 0.05) is 0 Å². The van der Waals surface area contributed by atoms with E-state index >= 15 is 0 Å². The second-order valence-corrected chi connectivity index (χ2v) is 7.16. The number of nitrogens with zero attached hydrogens (tertiary/aromatic N) is 4. The number of rotatable bonds is 4. The number of hydrogen-bond acceptors (Lipinski definition) is 4. The van der Waals surface area contributed by atoms with Crippen molar-refractivity contribution >= 4 is 35.0 Å². The highest BCUT2D eigenvalue weighted by Crippen LogP contribution is 2.24. The van der Waals surface area contributed by atoms with Gasteiger partial charge < -0.3 is 5.32 Å². The first-order chi connectivity index (χ1) is 13.5. The van der Waals surface area contributed by atoms with Crippen molar-refractivity contribution in [3.05, 3.63) is 77.7 Å². The molecule has 7 heteroatoms. The van der Waals surface area contributed by atoms with Crippen LogP contribution >= 0.6 is 12.2 Å².